The molecule has 5 nitrogen and oxygen atoms in total. The van der Waals surface area contributed by atoms with Gasteiger partial charge < -0.3 is 10.3 Å². The van der Waals surface area contributed by atoms with Crippen LogP contribution in [0.5, 0.6) is 0 Å². The third-order valence-electron chi connectivity index (χ3n) is 4.26. The number of hydrogen-bond donors (Lipinski definition) is 2. The largest absolute Gasteiger partial charge is 0.349 e. The van der Waals surface area contributed by atoms with Crippen LogP contribution in [0.3, 0.4) is 0 Å². The fourth-order valence-corrected chi connectivity index (χ4v) is 3.72. The lowest BCUT2D eigenvalue weighted by Gasteiger charge is -2.16. The molecular weight excluding hydrogens is 405 g/mol. The maximum atomic E-state index is 12.6. The number of nitrogens with zero attached hydrogens (tertiary/aromatic N) is 1. The molecule has 1 unspecified atom stereocenters. The van der Waals surface area contributed by atoms with Gasteiger partial charge in [-0.05, 0) is 49.0 Å². The lowest BCUT2D eigenvalue weighted by Crippen LogP contribution is -2.30. The molecule has 3 rings (SSSR count). The minimum atomic E-state index is -0.287. The smallest absolute Gasteiger partial charge is 0.262 e. The van der Waals surface area contributed by atoms with Crippen LogP contribution in [0.25, 0.3) is 10.9 Å². The number of carbonyl (C=O) groups is 1. The molecule has 0 radical (unpaired) electrons. The van der Waals surface area contributed by atoms with Gasteiger partial charge in [-0.15, -0.1) is 0 Å². The van der Waals surface area contributed by atoms with Gasteiger partial charge in [0.15, 0.2) is 4.77 Å². The van der Waals surface area contributed by atoms with Gasteiger partial charge in [0.25, 0.3) is 5.56 Å². The number of benzene rings is 2. The Morgan fingerprint density at radius 3 is 2.74 bits per heavy atom. The van der Waals surface area contributed by atoms with Crippen LogP contribution in [0, 0.1) is 4.77 Å². The van der Waals surface area contributed by atoms with Crippen LogP contribution >= 0.6 is 35.4 Å². The summed E-state index contributed by atoms with van der Waals surface area (Å²) in [6, 6.07) is 12.0. The summed E-state index contributed by atoms with van der Waals surface area (Å²) < 4.78 is 1.69. The van der Waals surface area contributed by atoms with Gasteiger partial charge in [-0.25, -0.2) is 0 Å². The van der Waals surface area contributed by atoms with Crippen molar-refractivity contribution in [2.45, 2.75) is 25.9 Å². The Balaban J connectivity index is 1.72. The highest BCUT2D eigenvalue weighted by Crippen LogP contribution is 2.26. The first-order valence-corrected chi connectivity index (χ1v) is 9.49. The standard InChI is InChI=1S/C19H17Cl2N3O2S/c1-11(13-7-6-12(20)10-15(13)21)22-17(25)8-9-24-18(26)14-4-2-3-5-16(14)23-19(24)27/h2-7,10-11H,8-9H2,1H3,(H,22,25)(H,23,27). The van der Waals surface area contributed by atoms with Crippen LogP contribution in [0.1, 0.15) is 24.9 Å². The minimum Gasteiger partial charge on any atom is -0.349 e. The molecule has 0 fully saturated rings. The molecule has 27 heavy (non-hydrogen) atoms. The number of hydrogen-bond acceptors (Lipinski definition) is 3. The third-order valence-corrected chi connectivity index (χ3v) is 5.14. The minimum absolute atomic E-state index is 0.116. The summed E-state index contributed by atoms with van der Waals surface area (Å²) in [6.07, 6.45) is 0.116. The van der Waals surface area contributed by atoms with E-state index in [1.807, 2.05) is 13.0 Å². The topological polar surface area (TPSA) is 66.9 Å². The van der Waals surface area contributed by atoms with E-state index in [1.54, 1.807) is 36.4 Å². The summed E-state index contributed by atoms with van der Waals surface area (Å²) in [5.41, 5.74) is 1.24. The van der Waals surface area contributed by atoms with Gasteiger partial charge in [0.2, 0.25) is 5.91 Å². The van der Waals surface area contributed by atoms with Gasteiger partial charge in [-0.3, -0.25) is 14.2 Å². The molecule has 1 aromatic heterocycles. The highest BCUT2D eigenvalue weighted by molar-refractivity contribution is 7.71. The van der Waals surface area contributed by atoms with Crippen molar-refractivity contribution in [3.63, 3.8) is 0 Å². The van der Waals surface area contributed by atoms with E-state index in [9.17, 15) is 9.59 Å². The van der Waals surface area contributed by atoms with Gasteiger partial charge in [-0.1, -0.05) is 41.4 Å². The highest BCUT2D eigenvalue weighted by Gasteiger charge is 2.14. The first-order chi connectivity index (χ1) is 12.9. The van der Waals surface area contributed by atoms with E-state index in [2.05, 4.69) is 10.3 Å². The highest BCUT2D eigenvalue weighted by atomic mass is 35.5. The van der Waals surface area contributed by atoms with Gasteiger partial charge in [0.05, 0.1) is 16.9 Å². The van der Waals surface area contributed by atoms with Crippen molar-refractivity contribution in [1.29, 1.82) is 0 Å². The van der Waals surface area contributed by atoms with Crippen LogP contribution in [0.15, 0.2) is 47.3 Å². The van der Waals surface area contributed by atoms with Crippen molar-refractivity contribution < 1.29 is 4.79 Å². The average Bonchev–Trinajstić information content (AvgIpc) is 2.61. The monoisotopic (exact) mass is 421 g/mol. The molecule has 2 N–H and O–H groups in total. The molecule has 0 saturated heterocycles. The third kappa shape index (κ3) is 4.40. The van der Waals surface area contributed by atoms with E-state index in [0.717, 1.165) is 5.56 Å². The quantitative estimate of drug-likeness (QED) is 0.589. The van der Waals surface area contributed by atoms with Crippen LogP contribution in [-0.2, 0) is 11.3 Å². The summed E-state index contributed by atoms with van der Waals surface area (Å²) in [5, 5.41) is 4.44. The van der Waals surface area contributed by atoms with Crippen molar-refractivity contribution in [3.8, 4) is 0 Å². The van der Waals surface area contributed by atoms with E-state index in [4.69, 9.17) is 35.4 Å². The van der Waals surface area contributed by atoms with Crippen molar-refractivity contribution in [2.75, 3.05) is 0 Å². The van der Waals surface area contributed by atoms with Crippen molar-refractivity contribution >= 4 is 52.2 Å². The Bertz CT molecular complexity index is 1120. The number of rotatable bonds is 5. The number of nitrogens with one attached hydrogen (secondary N) is 2. The zero-order valence-electron chi connectivity index (χ0n) is 14.5. The maximum absolute atomic E-state index is 12.6. The second kappa shape index (κ2) is 8.25. The maximum Gasteiger partial charge on any atom is 0.262 e. The zero-order valence-corrected chi connectivity index (χ0v) is 16.8. The summed E-state index contributed by atoms with van der Waals surface area (Å²) >= 11 is 17.3. The molecule has 0 bridgehead atoms. The normalized spacial score (nSPS) is 12.1. The van der Waals surface area contributed by atoms with E-state index >= 15 is 0 Å². The number of para-hydroxylation sites is 1. The van der Waals surface area contributed by atoms with Gasteiger partial charge in [0, 0.05) is 23.0 Å². The van der Waals surface area contributed by atoms with E-state index < -0.39 is 0 Å². The number of carbonyl (C=O) groups excluding carboxylic acids is 1. The predicted molar refractivity (Wildman–Crippen MR) is 111 cm³/mol. The number of aromatic amines is 1. The number of halogens is 2. The molecule has 1 atom stereocenters. The molecule has 3 aromatic rings. The van der Waals surface area contributed by atoms with Gasteiger partial charge >= 0.3 is 0 Å². The van der Waals surface area contributed by atoms with Crippen molar-refractivity contribution in [3.05, 3.63) is 73.2 Å². The lowest BCUT2D eigenvalue weighted by atomic mass is 10.1. The van der Waals surface area contributed by atoms with Crippen LogP contribution in [0.2, 0.25) is 10.0 Å². The Labute approximate surface area is 170 Å². The van der Waals surface area contributed by atoms with Crippen LogP contribution < -0.4 is 10.9 Å². The van der Waals surface area contributed by atoms with Gasteiger partial charge in [-0.2, -0.15) is 0 Å². The van der Waals surface area contributed by atoms with Crippen LogP contribution in [0.4, 0.5) is 0 Å². The SMILES string of the molecule is CC(NC(=O)CCn1c(=S)[nH]c2ccccc2c1=O)c1ccc(Cl)cc1Cl. The molecule has 1 amide bonds. The van der Waals surface area contributed by atoms with Gasteiger partial charge in [0.1, 0.15) is 0 Å². The fraction of sp³-hybridized carbons (Fsp3) is 0.211. The molecule has 0 aliphatic rings. The fourth-order valence-electron chi connectivity index (χ4n) is 2.86. The molecule has 1 heterocycles. The first-order valence-electron chi connectivity index (χ1n) is 8.33. The summed E-state index contributed by atoms with van der Waals surface area (Å²) in [4.78, 5) is 27.9. The Hall–Kier alpha value is -2.15. The lowest BCUT2D eigenvalue weighted by molar-refractivity contribution is -0.121. The number of amides is 1. The first kappa shape index (κ1) is 19.6. The Morgan fingerprint density at radius 2 is 2.00 bits per heavy atom. The molecular formula is C19H17Cl2N3O2S. The second-order valence-electron chi connectivity index (χ2n) is 6.14. The van der Waals surface area contributed by atoms with Crippen LogP contribution in [-0.4, -0.2) is 15.5 Å². The number of fused-ring (bicyclic) bond motifs is 1. The molecule has 8 heteroatoms. The van der Waals surface area contributed by atoms with Crippen molar-refractivity contribution in [2.24, 2.45) is 0 Å². The molecule has 0 saturated carbocycles. The number of H-pyrrole nitrogens is 1. The summed E-state index contributed by atoms with van der Waals surface area (Å²) in [5.74, 6) is -0.206. The number of aromatic nitrogens is 2. The Kier molecular flexibility index (Phi) is 5.99. The molecule has 0 aliphatic carbocycles. The predicted octanol–water partition coefficient (Wildman–Crippen LogP) is 4.63. The van der Waals surface area contributed by atoms with E-state index in [-0.39, 0.29) is 30.5 Å². The molecule has 140 valence electrons. The molecule has 0 spiro atoms. The molecule has 2 aromatic carbocycles. The Morgan fingerprint density at radius 1 is 1.26 bits per heavy atom. The zero-order chi connectivity index (χ0) is 19.6. The second-order valence-corrected chi connectivity index (χ2v) is 7.37. The summed E-state index contributed by atoms with van der Waals surface area (Å²) in [6.45, 7) is 2.02. The van der Waals surface area contributed by atoms with E-state index in [0.29, 0.717) is 25.7 Å². The average molecular weight is 422 g/mol. The van der Waals surface area contributed by atoms with Crippen molar-refractivity contribution in [1.82, 2.24) is 14.9 Å². The summed E-state index contributed by atoms with van der Waals surface area (Å²) in [7, 11) is 0. The molecule has 0 aliphatic heterocycles. The van der Waals surface area contributed by atoms with E-state index in [1.165, 1.54) is 4.57 Å².